The third-order valence-electron chi connectivity index (χ3n) is 3.61. The molecule has 0 saturated heterocycles. The monoisotopic (exact) mass is 307 g/mol. The van der Waals surface area contributed by atoms with Crippen molar-refractivity contribution >= 4 is 10.0 Å². The normalized spacial score (nSPS) is 23.9. The van der Waals surface area contributed by atoms with Gasteiger partial charge in [0.2, 0.25) is 10.0 Å². The molecule has 5 nitrogen and oxygen atoms in total. The zero-order valence-electron chi connectivity index (χ0n) is 11.5. The molecule has 1 aliphatic rings. The first-order valence-electron chi connectivity index (χ1n) is 6.57. The second-order valence-electron chi connectivity index (χ2n) is 5.39. The molecule has 0 aromatic carbocycles. The van der Waals surface area contributed by atoms with Crippen molar-refractivity contribution < 1.29 is 17.2 Å². The first-order chi connectivity index (χ1) is 9.20. The van der Waals surface area contributed by atoms with Crippen LogP contribution in [0.4, 0.5) is 8.78 Å². The molecule has 0 bridgehead atoms. The van der Waals surface area contributed by atoms with E-state index in [1.807, 2.05) is 0 Å². The zero-order chi connectivity index (χ0) is 15.0. The molecule has 1 N–H and O–H groups in total. The van der Waals surface area contributed by atoms with Crippen molar-refractivity contribution in [2.75, 3.05) is 5.75 Å². The highest BCUT2D eigenvalue weighted by Crippen LogP contribution is 2.40. The van der Waals surface area contributed by atoms with Gasteiger partial charge in [-0.15, -0.1) is 0 Å². The Morgan fingerprint density at radius 1 is 1.60 bits per heavy atom. The quantitative estimate of drug-likeness (QED) is 0.902. The molecule has 114 valence electrons. The summed E-state index contributed by atoms with van der Waals surface area (Å²) in [6.07, 6.45) is 2.11. The van der Waals surface area contributed by atoms with Crippen LogP contribution in [0.3, 0.4) is 0 Å². The molecular formula is C12H19F2N3O2S. The van der Waals surface area contributed by atoms with Crippen LogP contribution in [0.1, 0.15) is 37.9 Å². The number of hydrogen-bond donors (Lipinski definition) is 1. The van der Waals surface area contributed by atoms with Crippen molar-refractivity contribution in [1.29, 1.82) is 0 Å². The Kier molecular flexibility index (Phi) is 4.15. The fourth-order valence-corrected chi connectivity index (χ4v) is 4.21. The van der Waals surface area contributed by atoms with Gasteiger partial charge in [-0.05, 0) is 25.8 Å². The van der Waals surface area contributed by atoms with Gasteiger partial charge in [0.25, 0.3) is 5.92 Å². The Morgan fingerprint density at radius 2 is 2.30 bits per heavy atom. The molecule has 1 aliphatic carbocycles. The molecule has 0 spiro atoms. The molecule has 1 fully saturated rings. The van der Waals surface area contributed by atoms with Crippen LogP contribution >= 0.6 is 0 Å². The van der Waals surface area contributed by atoms with Gasteiger partial charge in [-0.25, -0.2) is 21.9 Å². The maximum Gasteiger partial charge on any atom is 0.251 e. The average Bonchev–Trinajstić information content (AvgIpc) is 2.85. The maximum absolute atomic E-state index is 13.5. The van der Waals surface area contributed by atoms with Crippen molar-refractivity contribution in [2.45, 2.75) is 38.2 Å². The fraction of sp³-hybridized carbons (Fsp3) is 0.750. The molecule has 1 saturated carbocycles. The van der Waals surface area contributed by atoms with Gasteiger partial charge in [0.1, 0.15) is 0 Å². The van der Waals surface area contributed by atoms with Crippen molar-refractivity contribution in [3.63, 3.8) is 0 Å². The summed E-state index contributed by atoms with van der Waals surface area (Å²) in [6, 6.07) is 1.16. The van der Waals surface area contributed by atoms with E-state index in [0.717, 1.165) is 0 Å². The largest absolute Gasteiger partial charge is 0.275 e. The lowest BCUT2D eigenvalue weighted by Gasteiger charge is -2.20. The van der Waals surface area contributed by atoms with E-state index in [4.69, 9.17) is 0 Å². The Balaban J connectivity index is 2.01. The molecule has 0 amide bonds. The van der Waals surface area contributed by atoms with Gasteiger partial charge in [-0.2, -0.15) is 5.10 Å². The molecule has 2 rings (SSSR count). The Bertz CT molecular complexity index is 571. The Morgan fingerprint density at radius 3 is 2.80 bits per heavy atom. The highest BCUT2D eigenvalue weighted by Gasteiger charge is 2.45. The van der Waals surface area contributed by atoms with Crippen molar-refractivity contribution in [3.8, 4) is 0 Å². The summed E-state index contributed by atoms with van der Waals surface area (Å²) in [5.74, 6) is -4.49. The number of aromatic nitrogens is 2. The zero-order valence-corrected chi connectivity index (χ0v) is 12.3. The number of hydrogen-bond acceptors (Lipinski definition) is 3. The van der Waals surface area contributed by atoms with Gasteiger partial charge < -0.3 is 0 Å². The van der Waals surface area contributed by atoms with E-state index in [0.29, 0.717) is 12.1 Å². The minimum atomic E-state index is -3.75. The second-order valence-corrected chi connectivity index (χ2v) is 7.18. The number of nitrogens with zero attached hydrogens (tertiary/aromatic N) is 2. The van der Waals surface area contributed by atoms with E-state index in [-0.39, 0.29) is 12.8 Å². The van der Waals surface area contributed by atoms with Gasteiger partial charge in [0.15, 0.2) is 0 Å². The standard InChI is InChI=1S/C12H19F2N3O2S/c1-9(11-5-7-17(2)15-11)16-20(18,19)8-10-4-3-6-12(10,13)14/h5,7,9-10,16H,3-4,6,8H2,1-2H3. The first kappa shape index (κ1) is 15.4. The van der Waals surface area contributed by atoms with Crippen molar-refractivity contribution in [1.82, 2.24) is 14.5 Å². The third-order valence-corrected chi connectivity index (χ3v) is 5.17. The molecule has 2 atom stereocenters. The number of halogens is 2. The van der Waals surface area contributed by atoms with E-state index < -0.39 is 33.7 Å². The van der Waals surface area contributed by atoms with Gasteiger partial charge in [0, 0.05) is 25.6 Å². The van der Waals surface area contributed by atoms with Crippen LogP contribution < -0.4 is 4.72 Å². The van der Waals surface area contributed by atoms with Crippen LogP contribution in [0, 0.1) is 5.92 Å². The summed E-state index contributed by atoms with van der Waals surface area (Å²) >= 11 is 0. The van der Waals surface area contributed by atoms with Gasteiger partial charge in [-0.3, -0.25) is 4.68 Å². The van der Waals surface area contributed by atoms with Crippen LogP contribution in [-0.4, -0.2) is 29.9 Å². The smallest absolute Gasteiger partial charge is 0.251 e. The predicted molar refractivity (Wildman–Crippen MR) is 70.8 cm³/mol. The van der Waals surface area contributed by atoms with E-state index in [1.54, 1.807) is 30.9 Å². The highest BCUT2D eigenvalue weighted by atomic mass is 32.2. The predicted octanol–water partition coefficient (Wildman–Crippen LogP) is 1.84. The minimum Gasteiger partial charge on any atom is -0.275 e. The van der Waals surface area contributed by atoms with Crippen molar-refractivity contribution in [3.05, 3.63) is 18.0 Å². The summed E-state index contributed by atoms with van der Waals surface area (Å²) in [7, 11) is -2.03. The lowest BCUT2D eigenvalue weighted by Crippen LogP contribution is -2.36. The second kappa shape index (κ2) is 5.40. The van der Waals surface area contributed by atoms with Crippen LogP contribution in [0.2, 0.25) is 0 Å². The lowest BCUT2D eigenvalue weighted by molar-refractivity contribution is -0.0288. The van der Waals surface area contributed by atoms with E-state index >= 15 is 0 Å². The minimum absolute atomic E-state index is 0.219. The molecule has 1 heterocycles. The molecular weight excluding hydrogens is 288 g/mol. The summed E-state index contributed by atoms with van der Waals surface area (Å²) < 4.78 is 54.9. The summed E-state index contributed by atoms with van der Waals surface area (Å²) in [5.41, 5.74) is 0.564. The van der Waals surface area contributed by atoms with Gasteiger partial charge in [-0.1, -0.05) is 0 Å². The molecule has 2 unspecified atom stereocenters. The van der Waals surface area contributed by atoms with E-state index in [2.05, 4.69) is 9.82 Å². The molecule has 0 radical (unpaired) electrons. The number of alkyl halides is 2. The maximum atomic E-state index is 13.5. The SMILES string of the molecule is CC(NS(=O)(=O)CC1CCCC1(F)F)c1ccn(C)n1. The number of sulfonamides is 1. The van der Waals surface area contributed by atoms with Crippen LogP contribution in [-0.2, 0) is 17.1 Å². The Labute approximate surface area is 117 Å². The third kappa shape index (κ3) is 3.54. The molecule has 0 aliphatic heterocycles. The number of aryl methyl sites for hydroxylation is 1. The van der Waals surface area contributed by atoms with Gasteiger partial charge >= 0.3 is 0 Å². The average molecular weight is 307 g/mol. The lowest BCUT2D eigenvalue weighted by atomic mass is 10.1. The molecule has 1 aromatic rings. The van der Waals surface area contributed by atoms with Crippen LogP contribution in [0.25, 0.3) is 0 Å². The van der Waals surface area contributed by atoms with E-state index in [1.165, 1.54) is 0 Å². The van der Waals surface area contributed by atoms with E-state index in [9.17, 15) is 17.2 Å². The van der Waals surface area contributed by atoms with Gasteiger partial charge in [0.05, 0.1) is 17.5 Å². The molecule has 20 heavy (non-hydrogen) atoms. The summed E-state index contributed by atoms with van der Waals surface area (Å²) in [4.78, 5) is 0. The first-order valence-corrected chi connectivity index (χ1v) is 8.22. The fourth-order valence-electron chi connectivity index (χ4n) is 2.51. The van der Waals surface area contributed by atoms with Crippen LogP contribution in [0.5, 0.6) is 0 Å². The molecule has 8 heteroatoms. The van der Waals surface area contributed by atoms with Crippen molar-refractivity contribution in [2.24, 2.45) is 13.0 Å². The summed E-state index contributed by atoms with van der Waals surface area (Å²) in [6.45, 7) is 1.65. The summed E-state index contributed by atoms with van der Waals surface area (Å²) in [5, 5.41) is 4.10. The topological polar surface area (TPSA) is 64.0 Å². The Hall–Kier alpha value is -1.02. The number of nitrogens with one attached hydrogen (secondary N) is 1. The molecule has 1 aromatic heterocycles. The van der Waals surface area contributed by atoms with Crippen LogP contribution in [0.15, 0.2) is 12.3 Å². The highest BCUT2D eigenvalue weighted by molar-refractivity contribution is 7.89. The number of rotatable bonds is 5.